The molecule has 0 fully saturated rings. The van der Waals surface area contributed by atoms with Gasteiger partial charge in [-0.25, -0.2) is 10.2 Å². The molecule has 0 aromatic heterocycles. The van der Waals surface area contributed by atoms with Crippen molar-refractivity contribution in [3.05, 3.63) is 112 Å². The van der Waals surface area contributed by atoms with Crippen LogP contribution in [0.25, 0.3) is 10.8 Å². The Morgan fingerprint density at radius 1 is 0.944 bits per heavy atom. The summed E-state index contributed by atoms with van der Waals surface area (Å²) >= 11 is 6.13. The molecule has 0 saturated heterocycles. The topological polar surface area (TPSA) is 96.9 Å². The summed E-state index contributed by atoms with van der Waals surface area (Å²) in [7, 11) is 0. The van der Waals surface area contributed by atoms with Crippen LogP contribution in [0.2, 0.25) is 5.02 Å². The number of hydrogen-bond donors (Lipinski definition) is 2. The third-order valence-corrected chi connectivity index (χ3v) is 5.63. The van der Waals surface area contributed by atoms with Gasteiger partial charge in [0.1, 0.15) is 5.75 Å². The lowest BCUT2D eigenvalue weighted by molar-refractivity contribution is -0.120. The molecule has 2 N–H and O–H groups in total. The highest BCUT2D eigenvalue weighted by atomic mass is 35.5. The summed E-state index contributed by atoms with van der Waals surface area (Å²) in [4.78, 5) is 37.2. The van der Waals surface area contributed by atoms with Crippen LogP contribution in [0.1, 0.15) is 31.8 Å². The van der Waals surface area contributed by atoms with Crippen LogP contribution in [0, 0.1) is 6.92 Å². The Morgan fingerprint density at radius 3 is 2.53 bits per heavy atom. The molecule has 0 radical (unpaired) electrons. The van der Waals surface area contributed by atoms with Gasteiger partial charge < -0.3 is 10.1 Å². The number of esters is 1. The second-order valence-electron chi connectivity index (χ2n) is 7.91. The summed E-state index contributed by atoms with van der Waals surface area (Å²) in [5, 5.41) is 8.52. The molecular formula is C28H22ClN3O4. The fourth-order valence-electron chi connectivity index (χ4n) is 3.54. The van der Waals surface area contributed by atoms with E-state index in [0.717, 1.165) is 16.3 Å². The predicted molar refractivity (Wildman–Crippen MR) is 140 cm³/mol. The second kappa shape index (κ2) is 11.3. The number of rotatable bonds is 7. The minimum atomic E-state index is -0.617. The van der Waals surface area contributed by atoms with E-state index in [1.807, 2.05) is 43.3 Å². The first kappa shape index (κ1) is 24.6. The number of aryl methyl sites for hydroxylation is 1. The molecule has 0 aliphatic rings. The Bertz CT molecular complexity index is 1480. The third kappa shape index (κ3) is 5.95. The van der Waals surface area contributed by atoms with Crippen LogP contribution in [0.15, 0.2) is 90.0 Å². The summed E-state index contributed by atoms with van der Waals surface area (Å²) in [6.07, 6.45) is 1.40. The Hall–Kier alpha value is -4.49. The van der Waals surface area contributed by atoms with Crippen LogP contribution >= 0.6 is 11.6 Å². The molecule has 180 valence electrons. The van der Waals surface area contributed by atoms with Crippen molar-refractivity contribution in [3.63, 3.8) is 0 Å². The van der Waals surface area contributed by atoms with Gasteiger partial charge in [0.05, 0.1) is 23.3 Å². The Balaban J connectivity index is 1.48. The van der Waals surface area contributed by atoms with Crippen LogP contribution in [-0.2, 0) is 4.79 Å². The molecule has 2 amide bonds. The third-order valence-electron chi connectivity index (χ3n) is 5.30. The molecule has 0 bridgehead atoms. The summed E-state index contributed by atoms with van der Waals surface area (Å²) in [6, 6.07) is 24.6. The molecule has 0 saturated carbocycles. The minimum Gasteiger partial charge on any atom is -0.422 e. The first-order valence-electron chi connectivity index (χ1n) is 11.1. The first-order chi connectivity index (χ1) is 17.4. The van der Waals surface area contributed by atoms with Crippen molar-refractivity contribution in [1.29, 1.82) is 0 Å². The van der Waals surface area contributed by atoms with Gasteiger partial charge >= 0.3 is 5.97 Å². The van der Waals surface area contributed by atoms with Gasteiger partial charge in [0, 0.05) is 11.1 Å². The molecule has 0 atom stereocenters. The molecule has 0 aliphatic heterocycles. The van der Waals surface area contributed by atoms with Crippen molar-refractivity contribution in [1.82, 2.24) is 10.7 Å². The van der Waals surface area contributed by atoms with Crippen LogP contribution in [0.3, 0.4) is 0 Å². The number of fused-ring (bicyclic) bond motifs is 1. The molecule has 7 nitrogen and oxygen atoms in total. The number of hydrogen-bond acceptors (Lipinski definition) is 5. The summed E-state index contributed by atoms with van der Waals surface area (Å²) in [5.41, 5.74) is 4.52. The molecule has 4 aromatic rings. The van der Waals surface area contributed by atoms with E-state index in [4.69, 9.17) is 16.3 Å². The van der Waals surface area contributed by atoms with E-state index in [2.05, 4.69) is 15.8 Å². The largest absolute Gasteiger partial charge is 0.422 e. The van der Waals surface area contributed by atoms with Crippen LogP contribution < -0.4 is 15.5 Å². The van der Waals surface area contributed by atoms with E-state index in [0.29, 0.717) is 11.1 Å². The zero-order chi connectivity index (χ0) is 25.5. The monoisotopic (exact) mass is 499 g/mol. The van der Waals surface area contributed by atoms with Crippen LogP contribution in [-0.4, -0.2) is 30.5 Å². The number of amides is 2. The molecule has 36 heavy (non-hydrogen) atoms. The van der Waals surface area contributed by atoms with Gasteiger partial charge in [0.25, 0.3) is 11.8 Å². The van der Waals surface area contributed by atoms with E-state index >= 15 is 0 Å². The van der Waals surface area contributed by atoms with Gasteiger partial charge in [0.15, 0.2) is 0 Å². The lowest BCUT2D eigenvalue weighted by Gasteiger charge is -2.11. The normalized spacial score (nSPS) is 10.8. The van der Waals surface area contributed by atoms with Crippen molar-refractivity contribution in [2.75, 3.05) is 6.54 Å². The van der Waals surface area contributed by atoms with Gasteiger partial charge in [-0.15, -0.1) is 0 Å². The van der Waals surface area contributed by atoms with Crippen molar-refractivity contribution in [3.8, 4) is 5.75 Å². The minimum absolute atomic E-state index is 0.230. The fourth-order valence-corrected chi connectivity index (χ4v) is 3.75. The highest BCUT2D eigenvalue weighted by molar-refractivity contribution is 6.33. The smallest absolute Gasteiger partial charge is 0.345 e. The molecule has 4 rings (SSSR count). The molecule has 0 heterocycles. The lowest BCUT2D eigenvalue weighted by Crippen LogP contribution is -2.34. The zero-order valence-corrected chi connectivity index (χ0v) is 20.1. The molecular weight excluding hydrogens is 478 g/mol. The number of halogens is 1. The van der Waals surface area contributed by atoms with E-state index in [9.17, 15) is 14.4 Å². The molecule has 0 unspecified atom stereocenters. The van der Waals surface area contributed by atoms with Gasteiger partial charge in [-0.05, 0) is 48.0 Å². The Morgan fingerprint density at radius 2 is 1.72 bits per heavy atom. The number of hydrazone groups is 1. The van der Waals surface area contributed by atoms with Crippen molar-refractivity contribution < 1.29 is 19.1 Å². The number of benzene rings is 4. The SMILES string of the molecule is Cc1cccc(C(=O)NCC(=O)NN=Cc2c(OC(=O)c3ccccc3Cl)ccc3ccccc23)c1. The van der Waals surface area contributed by atoms with Gasteiger partial charge in [-0.2, -0.15) is 5.10 Å². The summed E-state index contributed by atoms with van der Waals surface area (Å²) in [6.45, 7) is 1.62. The average Bonchev–Trinajstić information content (AvgIpc) is 2.88. The van der Waals surface area contributed by atoms with Crippen molar-refractivity contribution >= 4 is 46.4 Å². The van der Waals surface area contributed by atoms with E-state index < -0.39 is 11.9 Å². The first-order valence-corrected chi connectivity index (χ1v) is 11.5. The molecule has 0 aliphatic carbocycles. The maximum atomic E-state index is 12.7. The zero-order valence-electron chi connectivity index (χ0n) is 19.3. The van der Waals surface area contributed by atoms with Crippen LogP contribution in [0.4, 0.5) is 0 Å². The van der Waals surface area contributed by atoms with Gasteiger partial charge in [-0.1, -0.05) is 71.8 Å². The quantitative estimate of drug-likeness (QED) is 0.163. The van der Waals surface area contributed by atoms with Crippen molar-refractivity contribution in [2.24, 2.45) is 5.10 Å². The number of ether oxygens (including phenoxy) is 1. The van der Waals surface area contributed by atoms with Gasteiger partial charge in [-0.3, -0.25) is 9.59 Å². The highest BCUT2D eigenvalue weighted by Gasteiger charge is 2.16. The highest BCUT2D eigenvalue weighted by Crippen LogP contribution is 2.28. The molecule has 8 heteroatoms. The van der Waals surface area contributed by atoms with E-state index in [1.165, 1.54) is 6.21 Å². The van der Waals surface area contributed by atoms with Crippen LogP contribution in [0.5, 0.6) is 5.75 Å². The maximum absolute atomic E-state index is 12.7. The summed E-state index contributed by atoms with van der Waals surface area (Å²) in [5.74, 6) is -1.24. The number of carbonyl (C=O) groups is 3. The average molecular weight is 500 g/mol. The standard InChI is InChI=1S/C28H22ClN3O4/c1-18-7-6-9-20(15-18)27(34)30-17-26(33)32-31-16-23-21-10-3-2-8-19(21)13-14-25(23)36-28(35)22-11-4-5-12-24(22)29/h2-16H,17H2,1H3,(H,30,34)(H,32,33). The predicted octanol–water partition coefficient (Wildman–Crippen LogP) is 4.90. The number of nitrogens with zero attached hydrogens (tertiary/aromatic N) is 1. The Labute approximate surface area is 212 Å². The van der Waals surface area contributed by atoms with E-state index in [1.54, 1.807) is 48.5 Å². The second-order valence-corrected chi connectivity index (χ2v) is 8.32. The molecule has 4 aromatic carbocycles. The number of nitrogens with one attached hydrogen (secondary N) is 2. The van der Waals surface area contributed by atoms with Crippen molar-refractivity contribution in [2.45, 2.75) is 6.92 Å². The number of carbonyl (C=O) groups excluding carboxylic acids is 3. The fraction of sp³-hybridized carbons (Fsp3) is 0.0714. The Kier molecular flexibility index (Phi) is 7.72. The van der Waals surface area contributed by atoms with E-state index in [-0.39, 0.29) is 28.8 Å². The molecule has 0 spiro atoms. The lowest BCUT2D eigenvalue weighted by atomic mass is 10.0. The summed E-state index contributed by atoms with van der Waals surface area (Å²) < 4.78 is 5.63. The van der Waals surface area contributed by atoms with Gasteiger partial charge in [0.2, 0.25) is 0 Å². The maximum Gasteiger partial charge on any atom is 0.345 e.